The normalized spacial score (nSPS) is 13.0. The van der Waals surface area contributed by atoms with Gasteiger partial charge in [0.1, 0.15) is 0 Å². The number of fused-ring (bicyclic) bond motifs is 11. The summed E-state index contributed by atoms with van der Waals surface area (Å²) in [6, 6.07) is 66.1. The van der Waals surface area contributed by atoms with Crippen LogP contribution in [0.4, 0.5) is 0 Å². The van der Waals surface area contributed by atoms with Crippen LogP contribution in [0.3, 0.4) is 0 Å². The van der Waals surface area contributed by atoms with Crippen molar-refractivity contribution in [2.45, 2.75) is 123 Å². The number of aryl methyl sites for hydroxylation is 2. The van der Waals surface area contributed by atoms with Crippen LogP contribution in [0.5, 0.6) is 0 Å². The molecule has 0 radical (unpaired) electrons. The standard InChI is InChI=1S/C69H68/c1-5-7-9-11-13-19-35-69(36-20-14-12-10-8-6-2)67-38-48(4)26-32-64(67)65-34-31-53(46-68(65)69)58-43-56(51-29-28-50-39-54-37-47(3)25-27-49(54)40-55(50)41-51)42-57(44-58)52-30-33-63-61-23-16-15-21-59(61)60-22-17-18-24-62(60)66(63)45-52/h15-18,21-34,37-46H,5-14,19-20,35-36H2,1-4H3. The molecular weight excluding hydrogens is 829 g/mol. The Morgan fingerprint density at radius 2 is 0.710 bits per heavy atom. The highest BCUT2D eigenvalue weighted by molar-refractivity contribution is 6.25. The van der Waals surface area contributed by atoms with Gasteiger partial charge in [0.15, 0.2) is 0 Å². The highest BCUT2D eigenvalue weighted by Crippen LogP contribution is 2.55. The van der Waals surface area contributed by atoms with E-state index in [1.807, 2.05) is 0 Å². The Bertz CT molecular complexity index is 3460. The fourth-order valence-corrected chi connectivity index (χ4v) is 12.4. The number of benzene rings is 10. The van der Waals surface area contributed by atoms with E-state index in [-0.39, 0.29) is 5.41 Å². The van der Waals surface area contributed by atoms with E-state index in [2.05, 4.69) is 198 Å². The molecule has 0 N–H and O–H groups in total. The lowest BCUT2D eigenvalue weighted by Crippen LogP contribution is -2.25. The average Bonchev–Trinajstić information content (AvgIpc) is 3.64. The van der Waals surface area contributed by atoms with Gasteiger partial charge < -0.3 is 0 Å². The van der Waals surface area contributed by atoms with Crippen molar-refractivity contribution in [3.05, 3.63) is 192 Å². The summed E-state index contributed by atoms with van der Waals surface area (Å²) in [6.07, 6.45) is 18.3. The van der Waals surface area contributed by atoms with Crippen LogP contribution in [0.15, 0.2) is 170 Å². The molecule has 0 heterocycles. The van der Waals surface area contributed by atoms with Crippen LogP contribution in [-0.4, -0.2) is 0 Å². The van der Waals surface area contributed by atoms with Crippen molar-refractivity contribution < 1.29 is 0 Å². The zero-order chi connectivity index (χ0) is 46.9. The second-order valence-electron chi connectivity index (χ2n) is 20.8. The largest absolute Gasteiger partial charge is 0.0654 e. The summed E-state index contributed by atoms with van der Waals surface area (Å²) in [5, 5.41) is 13.0. The second kappa shape index (κ2) is 19.5. The fraction of sp³-hybridized carbons (Fsp3) is 0.275. The third-order valence-corrected chi connectivity index (χ3v) is 16.1. The van der Waals surface area contributed by atoms with Gasteiger partial charge in [-0.15, -0.1) is 0 Å². The van der Waals surface area contributed by atoms with Crippen molar-refractivity contribution in [3.8, 4) is 44.5 Å². The molecule has 1 aliphatic rings. The molecular formula is C69H68. The zero-order valence-electron chi connectivity index (χ0n) is 41.6. The molecule has 0 aliphatic heterocycles. The maximum Gasteiger partial charge on any atom is 0.0215 e. The number of hydrogen-bond donors (Lipinski definition) is 0. The maximum absolute atomic E-state index is 2.65. The lowest BCUT2D eigenvalue weighted by atomic mass is 9.70. The average molecular weight is 897 g/mol. The Balaban J connectivity index is 1.08. The molecule has 0 aromatic heterocycles. The monoisotopic (exact) mass is 897 g/mol. The third kappa shape index (κ3) is 8.67. The Morgan fingerprint density at radius 1 is 0.290 bits per heavy atom. The molecule has 0 amide bonds. The molecule has 0 fully saturated rings. The van der Waals surface area contributed by atoms with Gasteiger partial charge in [-0.05, 0) is 185 Å². The molecule has 0 bridgehead atoms. The number of unbranched alkanes of at least 4 members (excludes halogenated alkanes) is 10. The van der Waals surface area contributed by atoms with Gasteiger partial charge in [0.2, 0.25) is 0 Å². The van der Waals surface area contributed by atoms with Crippen LogP contribution >= 0.6 is 0 Å². The summed E-state index contributed by atoms with van der Waals surface area (Å²) in [4.78, 5) is 0. The van der Waals surface area contributed by atoms with Crippen molar-refractivity contribution >= 4 is 53.9 Å². The minimum absolute atomic E-state index is 0.0183. The van der Waals surface area contributed by atoms with Crippen LogP contribution in [0.25, 0.3) is 98.4 Å². The fourth-order valence-electron chi connectivity index (χ4n) is 12.4. The van der Waals surface area contributed by atoms with Gasteiger partial charge in [0.25, 0.3) is 0 Å². The van der Waals surface area contributed by atoms with Crippen LogP contribution in [0.1, 0.15) is 126 Å². The van der Waals surface area contributed by atoms with Crippen molar-refractivity contribution in [2.24, 2.45) is 0 Å². The molecule has 0 unspecified atom stereocenters. The Hall–Kier alpha value is -6.50. The molecule has 0 saturated heterocycles. The van der Waals surface area contributed by atoms with Crippen molar-refractivity contribution in [1.29, 1.82) is 0 Å². The molecule has 69 heavy (non-hydrogen) atoms. The predicted molar refractivity (Wildman–Crippen MR) is 302 cm³/mol. The number of hydrogen-bond acceptors (Lipinski definition) is 0. The van der Waals surface area contributed by atoms with Crippen LogP contribution < -0.4 is 0 Å². The summed E-state index contributed by atoms with van der Waals surface area (Å²) < 4.78 is 0. The smallest absolute Gasteiger partial charge is 0.0215 e. The van der Waals surface area contributed by atoms with E-state index >= 15 is 0 Å². The minimum atomic E-state index is 0.0183. The van der Waals surface area contributed by atoms with Gasteiger partial charge in [-0.25, -0.2) is 0 Å². The molecule has 0 nitrogen and oxygen atoms in total. The first-order chi connectivity index (χ1) is 33.9. The topological polar surface area (TPSA) is 0 Å². The van der Waals surface area contributed by atoms with Gasteiger partial charge in [0.05, 0.1) is 0 Å². The minimum Gasteiger partial charge on any atom is -0.0654 e. The van der Waals surface area contributed by atoms with Crippen molar-refractivity contribution in [1.82, 2.24) is 0 Å². The SMILES string of the molecule is CCCCCCCCC1(CCCCCCCC)c2cc(C)ccc2-c2ccc(-c3cc(-c4ccc5cc6cc(C)ccc6cc5c4)cc(-c4ccc5c6ccccc6c6ccccc6c5c4)c3)cc21. The van der Waals surface area contributed by atoms with E-state index < -0.39 is 0 Å². The summed E-state index contributed by atoms with van der Waals surface area (Å²) in [7, 11) is 0. The first kappa shape index (κ1) is 45.0. The zero-order valence-corrected chi connectivity index (χ0v) is 41.6. The van der Waals surface area contributed by atoms with Gasteiger partial charge in [-0.2, -0.15) is 0 Å². The quantitative estimate of drug-likeness (QED) is 0.0485. The summed E-state index contributed by atoms with van der Waals surface area (Å²) in [6.45, 7) is 9.14. The molecule has 344 valence electrons. The van der Waals surface area contributed by atoms with Crippen LogP contribution in [-0.2, 0) is 5.41 Å². The molecule has 1 aliphatic carbocycles. The van der Waals surface area contributed by atoms with Crippen LogP contribution in [0, 0.1) is 13.8 Å². The van der Waals surface area contributed by atoms with Crippen LogP contribution in [0.2, 0.25) is 0 Å². The third-order valence-electron chi connectivity index (χ3n) is 16.1. The summed E-state index contributed by atoms with van der Waals surface area (Å²) in [5.74, 6) is 0. The lowest BCUT2D eigenvalue weighted by molar-refractivity contribution is 0.398. The van der Waals surface area contributed by atoms with E-state index in [0.29, 0.717) is 0 Å². The van der Waals surface area contributed by atoms with Crippen molar-refractivity contribution in [2.75, 3.05) is 0 Å². The van der Waals surface area contributed by atoms with Gasteiger partial charge >= 0.3 is 0 Å². The predicted octanol–water partition coefficient (Wildman–Crippen LogP) is 20.8. The first-order valence-corrected chi connectivity index (χ1v) is 26.6. The maximum atomic E-state index is 2.65. The van der Waals surface area contributed by atoms with Gasteiger partial charge in [-0.1, -0.05) is 223 Å². The first-order valence-electron chi connectivity index (χ1n) is 26.6. The molecule has 10 aromatic carbocycles. The molecule has 10 aromatic rings. The highest BCUT2D eigenvalue weighted by atomic mass is 14.5. The summed E-state index contributed by atoms with van der Waals surface area (Å²) in [5.41, 5.74) is 16.3. The molecule has 0 spiro atoms. The van der Waals surface area contributed by atoms with Crippen molar-refractivity contribution in [3.63, 3.8) is 0 Å². The Kier molecular flexibility index (Phi) is 12.7. The number of rotatable bonds is 17. The van der Waals surface area contributed by atoms with E-state index in [4.69, 9.17) is 0 Å². The molecule has 0 saturated carbocycles. The lowest BCUT2D eigenvalue weighted by Gasteiger charge is -2.33. The molecule has 0 heteroatoms. The van der Waals surface area contributed by atoms with E-state index in [9.17, 15) is 0 Å². The Morgan fingerprint density at radius 3 is 1.32 bits per heavy atom. The molecule has 11 rings (SSSR count). The van der Waals surface area contributed by atoms with E-state index in [0.717, 1.165) is 0 Å². The van der Waals surface area contributed by atoms with Gasteiger partial charge in [-0.3, -0.25) is 0 Å². The summed E-state index contributed by atoms with van der Waals surface area (Å²) >= 11 is 0. The molecule has 0 atom stereocenters. The second-order valence-corrected chi connectivity index (χ2v) is 20.8. The highest BCUT2D eigenvalue weighted by Gasteiger charge is 2.42. The van der Waals surface area contributed by atoms with E-state index in [1.54, 1.807) is 11.1 Å². The van der Waals surface area contributed by atoms with E-state index in [1.165, 1.54) is 199 Å². The van der Waals surface area contributed by atoms with Gasteiger partial charge in [0, 0.05) is 5.41 Å². The Labute approximate surface area is 411 Å².